The second-order valence-corrected chi connectivity index (χ2v) is 8.42. The van der Waals surface area contributed by atoms with Gasteiger partial charge in [-0.1, -0.05) is 6.58 Å². The highest BCUT2D eigenvalue weighted by atomic mass is 16.5. The number of ether oxygens (including phenoxy) is 1. The number of esters is 1. The molecule has 0 aromatic heterocycles. The van der Waals surface area contributed by atoms with E-state index in [0.717, 1.165) is 11.0 Å². The van der Waals surface area contributed by atoms with Gasteiger partial charge in [0, 0.05) is 6.08 Å². The summed E-state index contributed by atoms with van der Waals surface area (Å²) in [6.07, 6.45) is 1.22. The van der Waals surface area contributed by atoms with Gasteiger partial charge in [-0.2, -0.15) is 0 Å². The van der Waals surface area contributed by atoms with Crippen molar-refractivity contribution in [2.45, 2.75) is 78.9 Å². The molecular weight excluding hydrogens is 250 g/mol. The van der Waals surface area contributed by atoms with Crippen molar-refractivity contribution in [3.05, 3.63) is 12.7 Å². The van der Waals surface area contributed by atoms with E-state index in [0.29, 0.717) is 6.61 Å². The van der Waals surface area contributed by atoms with Gasteiger partial charge >= 0.3 is 5.97 Å². The molecule has 3 nitrogen and oxygen atoms in total. The van der Waals surface area contributed by atoms with Crippen LogP contribution in [0.5, 0.6) is 0 Å². The molecule has 3 heteroatoms. The largest absolute Gasteiger partial charge is 0.457 e. The Labute approximate surface area is 125 Å². The first-order chi connectivity index (χ1) is 8.70. The van der Waals surface area contributed by atoms with Crippen molar-refractivity contribution >= 4 is 5.97 Å². The molecule has 0 aliphatic heterocycles. The van der Waals surface area contributed by atoms with E-state index < -0.39 is 0 Å². The predicted octanol–water partition coefficient (Wildman–Crippen LogP) is 3.93. The molecule has 118 valence electrons. The Morgan fingerprint density at radius 1 is 0.950 bits per heavy atom. The Balaban J connectivity index is 5.57. The fraction of sp³-hybridized carbons (Fsp3) is 0.824. The van der Waals surface area contributed by atoms with Crippen molar-refractivity contribution < 1.29 is 14.0 Å². The van der Waals surface area contributed by atoms with Crippen LogP contribution in [0, 0.1) is 0 Å². The molecule has 0 unspecified atom stereocenters. The van der Waals surface area contributed by atoms with Gasteiger partial charge in [-0.15, -0.1) is 0 Å². The van der Waals surface area contributed by atoms with Crippen LogP contribution in [-0.2, 0) is 9.53 Å². The van der Waals surface area contributed by atoms with Gasteiger partial charge in [0.05, 0.1) is 16.6 Å². The van der Waals surface area contributed by atoms with Crippen LogP contribution in [0.2, 0.25) is 0 Å². The summed E-state index contributed by atoms with van der Waals surface area (Å²) in [6.45, 7) is 25.0. The summed E-state index contributed by atoms with van der Waals surface area (Å²) >= 11 is 0. The van der Waals surface area contributed by atoms with Gasteiger partial charge < -0.3 is 9.22 Å². The lowest BCUT2D eigenvalue weighted by molar-refractivity contribution is -1.05. The van der Waals surface area contributed by atoms with Gasteiger partial charge in [0.25, 0.3) is 0 Å². The van der Waals surface area contributed by atoms with Crippen LogP contribution >= 0.6 is 0 Å². The van der Waals surface area contributed by atoms with Gasteiger partial charge in [-0.05, 0) is 62.3 Å². The van der Waals surface area contributed by atoms with Crippen LogP contribution in [-0.4, -0.2) is 40.2 Å². The number of hydrogen-bond donors (Lipinski definition) is 0. The highest BCUT2D eigenvalue weighted by Gasteiger charge is 2.56. The zero-order valence-electron chi connectivity index (χ0n) is 15.0. The maximum absolute atomic E-state index is 11.3. The molecule has 0 fully saturated rings. The molecule has 0 spiro atoms. The topological polar surface area (TPSA) is 26.3 Å². The van der Waals surface area contributed by atoms with Gasteiger partial charge in [-0.3, -0.25) is 0 Å². The molecule has 0 N–H and O–H groups in total. The molecule has 0 rings (SSSR count). The van der Waals surface area contributed by atoms with Crippen molar-refractivity contribution in [2.75, 3.05) is 13.2 Å². The van der Waals surface area contributed by atoms with Crippen molar-refractivity contribution in [2.24, 2.45) is 0 Å². The van der Waals surface area contributed by atoms with E-state index in [1.54, 1.807) is 0 Å². The Morgan fingerprint density at radius 2 is 1.30 bits per heavy atom. The first-order valence-electron chi connectivity index (χ1n) is 7.38. The molecule has 0 heterocycles. The predicted molar refractivity (Wildman–Crippen MR) is 85.5 cm³/mol. The SMILES string of the molecule is C=CC(=O)OCC[N+](C(C)(C)C)(C(C)(C)C)C(C)(C)C. The third-order valence-electron chi connectivity index (χ3n) is 4.27. The molecule has 0 amide bonds. The summed E-state index contributed by atoms with van der Waals surface area (Å²) in [5.41, 5.74) is 0.116. The molecule has 0 aliphatic carbocycles. The zero-order chi connectivity index (χ0) is 16.4. The molecule has 0 atom stereocenters. The minimum Gasteiger partial charge on any atom is -0.457 e. The molecule has 0 saturated heterocycles. The van der Waals surface area contributed by atoms with Crippen LogP contribution in [0.3, 0.4) is 0 Å². The second-order valence-electron chi connectivity index (χ2n) is 8.42. The summed E-state index contributed by atoms with van der Waals surface area (Å²) in [5, 5.41) is 0. The monoisotopic (exact) mass is 284 g/mol. The molecule has 0 saturated carbocycles. The minimum absolute atomic E-state index is 0.0388. The molecule has 0 radical (unpaired) electrons. The second kappa shape index (κ2) is 5.88. The van der Waals surface area contributed by atoms with Crippen molar-refractivity contribution in [3.63, 3.8) is 0 Å². The maximum atomic E-state index is 11.3. The minimum atomic E-state index is -0.347. The third kappa shape index (κ3) is 3.63. The van der Waals surface area contributed by atoms with Crippen LogP contribution in [0.4, 0.5) is 0 Å². The normalized spacial score (nSPS) is 14.1. The molecule has 0 bridgehead atoms. The fourth-order valence-electron chi connectivity index (χ4n) is 4.37. The van der Waals surface area contributed by atoms with Crippen molar-refractivity contribution in [1.29, 1.82) is 0 Å². The highest BCUT2D eigenvalue weighted by Crippen LogP contribution is 2.43. The number of quaternary nitrogens is 1. The number of hydrogen-bond acceptors (Lipinski definition) is 2. The van der Waals surface area contributed by atoms with Crippen LogP contribution in [0.15, 0.2) is 12.7 Å². The molecule has 0 aromatic carbocycles. The summed E-state index contributed by atoms with van der Waals surface area (Å²) in [6, 6.07) is 0. The lowest BCUT2D eigenvalue weighted by Gasteiger charge is -2.63. The van der Waals surface area contributed by atoms with Crippen molar-refractivity contribution in [3.8, 4) is 0 Å². The standard InChI is InChI=1S/C17H34NO2/c1-11-14(19)20-13-12-18(15(2,3)4,16(5,6)7)17(8,9)10/h11H,1,12-13H2,2-10H3/q+1. The lowest BCUT2D eigenvalue weighted by Crippen LogP contribution is -2.77. The van der Waals surface area contributed by atoms with Gasteiger partial charge in [0.1, 0.15) is 13.2 Å². The van der Waals surface area contributed by atoms with Crippen LogP contribution < -0.4 is 0 Å². The van der Waals surface area contributed by atoms with E-state index in [2.05, 4.69) is 68.9 Å². The number of rotatable bonds is 4. The number of nitrogens with zero attached hydrogens (tertiary/aromatic N) is 1. The first kappa shape index (κ1) is 19.2. The summed E-state index contributed by atoms with van der Waals surface area (Å²) in [7, 11) is 0. The smallest absolute Gasteiger partial charge is 0.330 e. The summed E-state index contributed by atoms with van der Waals surface area (Å²) < 4.78 is 6.12. The van der Waals surface area contributed by atoms with E-state index >= 15 is 0 Å². The van der Waals surface area contributed by atoms with E-state index in [1.807, 2.05) is 0 Å². The van der Waals surface area contributed by atoms with Crippen LogP contribution in [0.1, 0.15) is 62.3 Å². The van der Waals surface area contributed by atoms with E-state index in [9.17, 15) is 4.79 Å². The fourth-order valence-corrected chi connectivity index (χ4v) is 4.37. The molecule has 0 aromatic rings. The first-order valence-corrected chi connectivity index (χ1v) is 7.38. The Morgan fingerprint density at radius 3 is 1.55 bits per heavy atom. The Hall–Kier alpha value is -0.830. The summed E-state index contributed by atoms with van der Waals surface area (Å²) in [5.74, 6) is -0.347. The third-order valence-corrected chi connectivity index (χ3v) is 4.27. The van der Waals surface area contributed by atoms with Gasteiger partial charge in [0.2, 0.25) is 0 Å². The Kier molecular flexibility index (Phi) is 5.64. The molecule has 20 heavy (non-hydrogen) atoms. The number of carbonyl (C=O) groups is 1. The number of carbonyl (C=O) groups excluding carboxylic acids is 1. The highest BCUT2D eigenvalue weighted by molar-refractivity contribution is 5.81. The van der Waals surface area contributed by atoms with Gasteiger partial charge in [0.15, 0.2) is 0 Å². The van der Waals surface area contributed by atoms with E-state index in [1.165, 1.54) is 6.08 Å². The van der Waals surface area contributed by atoms with E-state index in [4.69, 9.17) is 4.74 Å². The average molecular weight is 284 g/mol. The summed E-state index contributed by atoms with van der Waals surface area (Å²) in [4.78, 5) is 11.3. The molecule has 0 aliphatic rings. The van der Waals surface area contributed by atoms with E-state index in [-0.39, 0.29) is 22.6 Å². The maximum Gasteiger partial charge on any atom is 0.330 e. The zero-order valence-corrected chi connectivity index (χ0v) is 15.0. The Bertz CT molecular complexity index is 315. The lowest BCUT2D eigenvalue weighted by atomic mass is 9.82. The van der Waals surface area contributed by atoms with Crippen LogP contribution in [0.25, 0.3) is 0 Å². The quantitative estimate of drug-likeness (QED) is 0.444. The average Bonchev–Trinajstić information content (AvgIpc) is 2.17. The molecular formula is C17H34NO2+. The van der Waals surface area contributed by atoms with Gasteiger partial charge in [-0.25, -0.2) is 4.79 Å². The van der Waals surface area contributed by atoms with Crippen molar-refractivity contribution in [1.82, 2.24) is 0 Å².